The van der Waals surface area contributed by atoms with Gasteiger partial charge in [-0.1, -0.05) is 0 Å². The molecule has 0 rings (SSSR count). The highest BCUT2D eigenvalue weighted by Gasteiger charge is 2.18. The third kappa shape index (κ3) is 6.24. The van der Waals surface area contributed by atoms with Gasteiger partial charge in [0.05, 0.1) is 6.42 Å². The zero-order valence-corrected chi connectivity index (χ0v) is 6.99. The molecule has 0 radical (unpaired) electrons. The summed E-state index contributed by atoms with van der Waals surface area (Å²) in [5.41, 5.74) is 0. The Kier molecular flexibility index (Phi) is 4.91. The number of hydrogen-bond acceptors (Lipinski definition) is 4. The minimum Gasteiger partial charge on any atom is -0.485 e. The molecule has 2 N–H and O–H groups in total. The molecule has 0 saturated carbocycles. The SMILES string of the molecule is O=C(CC(F)I)OB(O)O. The summed E-state index contributed by atoms with van der Waals surface area (Å²) in [4.78, 5) is 10.3. The molecular weight excluding hydrogens is 257 g/mol. The quantitative estimate of drug-likeness (QED) is 0.413. The van der Waals surface area contributed by atoms with Gasteiger partial charge in [-0.25, -0.2) is 4.39 Å². The van der Waals surface area contributed by atoms with Crippen molar-refractivity contribution in [2.45, 2.75) is 10.6 Å². The maximum absolute atomic E-state index is 11.9. The zero-order valence-electron chi connectivity index (χ0n) is 4.83. The van der Waals surface area contributed by atoms with Crippen LogP contribution in [0.25, 0.3) is 0 Å². The van der Waals surface area contributed by atoms with Gasteiger partial charge in [-0.05, 0) is 22.6 Å². The van der Waals surface area contributed by atoms with Gasteiger partial charge < -0.3 is 14.7 Å². The van der Waals surface area contributed by atoms with Crippen LogP contribution in [0.3, 0.4) is 0 Å². The van der Waals surface area contributed by atoms with Crippen molar-refractivity contribution < 1.29 is 23.9 Å². The minimum absolute atomic E-state index is 0.474. The summed E-state index contributed by atoms with van der Waals surface area (Å²) in [7, 11) is -2.15. The first-order valence-corrected chi connectivity index (χ1v) is 3.60. The molecule has 0 heterocycles. The summed E-state index contributed by atoms with van der Waals surface area (Å²) in [6.45, 7) is 0. The Labute approximate surface area is 70.7 Å². The Balaban J connectivity index is 3.44. The molecule has 7 heteroatoms. The fourth-order valence-corrected chi connectivity index (χ4v) is 0.651. The van der Waals surface area contributed by atoms with Gasteiger partial charge >= 0.3 is 7.32 Å². The van der Waals surface area contributed by atoms with Crippen molar-refractivity contribution in [2.75, 3.05) is 0 Å². The van der Waals surface area contributed by atoms with Crippen molar-refractivity contribution in [1.29, 1.82) is 0 Å². The highest BCUT2D eigenvalue weighted by Crippen LogP contribution is 2.07. The second kappa shape index (κ2) is 4.86. The molecule has 0 aliphatic rings. The lowest BCUT2D eigenvalue weighted by atomic mass is 10.2. The van der Waals surface area contributed by atoms with Gasteiger partial charge in [0.25, 0.3) is 5.97 Å². The van der Waals surface area contributed by atoms with Crippen molar-refractivity contribution >= 4 is 35.9 Å². The van der Waals surface area contributed by atoms with E-state index < -0.39 is 23.9 Å². The number of rotatable bonds is 3. The van der Waals surface area contributed by atoms with Crippen LogP contribution in [0, 0.1) is 0 Å². The monoisotopic (exact) mass is 262 g/mol. The van der Waals surface area contributed by atoms with Crippen LogP contribution in [0.1, 0.15) is 6.42 Å². The van der Waals surface area contributed by atoms with Gasteiger partial charge in [0.1, 0.15) is 0 Å². The summed E-state index contributed by atoms with van der Waals surface area (Å²) < 4.78 is 14.4. The van der Waals surface area contributed by atoms with Gasteiger partial charge in [0, 0.05) is 0 Å². The molecule has 0 saturated heterocycles. The van der Waals surface area contributed by atoms with E-state index in [1.807, 2.05) is 0 Å². The minimum atomic E-state index is -2.15. The van der Waals surface area contributed by atoms with E-state index in [4.69, 9.17) is 10.0 Å². The highest BCUT2D eigenvalue weighted by atomic mass is 127. The molecule has 4 nitrogen and oxygen atoms in total. The first-order valence-electron chi connectivity index (χ1n) is 2.36. The van der Waals surface area contributed by atoms with Crippen LogP contribution in [-0.2, 0) is 9.45 Å². The van der Waals surface area contributed by atoms with Gasteiger partial charge in [0.2, 0.25) is 0 Å². The average molecular weight is 262 g/mol. The second-order valence-corrected chi connectivity index (χ2v) is 2.76. The van der Waals surface area contributed by atoms with Crippen LogP contribution < -0.4 is 0 Å². The molecule has 58 valence electrons. The summed E-state index contributed by atoms with van der Waals surface area (Å²) in [6.07, 6.45) is -0.474. The summed E-state index contributed by atoms with van der Waals surface area (Å²) >= 11 is 1.37. The normalized spacial score (nSPS) is 12.4. The average Bonchev–Trinajstić information content (AvgIpc) is 1.58. The van der Waals surface area contributed by atoms with Gasteiger partial charge in [-0.15, -0.1) is 0 Å². The Bertz CT molecular complexity index is 107. The van der Waals surface area contributed by atoms with Gasteiger partial charge in [-0.3, -0.25) is 4.79 Å². The second-order valence-electron chi connectivity index (χ2n) is 1.41. The van der Waals surface area contributed by atoms with Crippen LogP contribution in [0.5, 0.6) is 0 Å². The molecular formula is C3H5BFIO4. The first kappa shape index (κ1) is 10.1. The highest BCUT2D eigenvalue weighted by molar-refractivity contribution is 14.1. The number of carbonyl (C=O) groups is 1. The van der Waals surface area contributed by atoms with Crippen molar-refractivity contribution in [2.24, 2.45) is 0 Å². The van der Waals surface area contributed by atoms with E-state index >= 15 is 0 Å². The van der Waals surface area contributed by atoms with Crippen molar-refractivity contribution in [3.8, 4) is 0 Å². The fourth-order valence-electron chi connectivity index (χ4n) is 0.292. The summed E-state index contributed by atoms with van der Waals surface area (Å²) in [6, 6.07) is 0. The van der Waals surface area contributed by atoms with Crippen molar-refractivity contribution in [3.05, 3.63) is 0 Å². The number of hydrogen-bond donors (Lipinski definition) is 2. The van der Waals surface area contributed by atoms with Crippen molar-refractivity contribution in [3.63, 3.8) is 0 Å². The largest absolute Gasteiger partial charge is 0.709 e. The third-order valence-electron chi connectivity index (χ3n) is 0.558. The van der Waals surface area contributed by atoms with E-state index in [-0.39, 0.29) is 0 Å². The lowest BCUT2D eigenvalue weighted by Gasteiger charge is -2.01. The van der Waals surface area contributed by atoms with Crippen LogP contribution in [0.2, 0.25) is 0 Å². The Morgan fingerprint density at radius 2 is 2.30 bits per heavy atom. The maximum atomic E-state index is 11.9. The molecule has 0 amide bonds. The van der Waals surface area contributed by atoms with E-state index in [0.29, 0.717) is 0 Å². The molecule has 0 aliphatic carbocycles. The Hall–Kier alpha value is 0.115. The molecule has 0 spiro atoms. The lowest BCUT2D eigenvalue weighted by Crippen LogP contribution is -2.22. The molecule has 0 aromatic rings. The molecule has 0 aromatic carbocycles. The maximum Gasteiger partial charge on any atom is 0.709 e. The number of carbonyl (C=O) groups excluding carboxylic acids is 1. The summed E-state index contributed by atoms with van der Waals surface area (Å²) in [5, 5.41) is 16.0. The van der Waals surface area contributed by atoms with Crippen LogP contribution in [0.15, 0.2) is 0 Å². The molecule has 1 unspecified atom stereocenters. The molecule has 0 fully saturated rings. The van der Waals surface area contributed by atoms with Crippen LogP contribution in [-0.4, -0.2) is 27.5 Å². The zero-order chi connectivity index (χ0) is 8.15. The van der Waals surface area contributed by atoms with Crippen LogP contribution >= 0.6 is 22.6 Å². The molecule has 10 heavy (non-hydrogen) atoms. The Morgan fingerprint density at radius 3 is 2.60 bits per heavy atom. The Morgan fingerprint density at radius 1 is 1.80 bits per heavy atom. The first-order chi connectivity index (χ1) is 4.52. The van der Waals surface area contributed by atoms with Crippen molar-refractivity contribution in [1.82, 2.24) is 0 Å². The van der Waals surface area contributed by atoms with E-state index in [9.17, 15) is 9.18 Å². The molecule has 0 aromatic heterocycles. The topological polar surface area (TPSA) is 66.8 Å². The molecule has 1 atom stereocenters. The van der Waals surface area contributed by atoms with E-state index in [2.05, 4.69) is 4.65 Å². The summed E-state index contributed by atoms with van der Waals surface area (Å²) in [5.74, 6) is -0.975. The van der Waals surface area contributed by atoms with Gasteiger partial charge in [0.15, 0.2) is 4.18 Å². The standard InChI is InChI=1S/C3H5BFIO4/c5-2(6)1-3(7)10-4(8)9/h2,8-9H,1H2. The third-order valence-corrected chi connectivity index (χ3v) is 0.998. The van der Waals surface area contributed by atoms with Crippen LogP contribution in [0.4, 0.5) is 4.39 Å². The van der Waals surface area contributed by atoms with E-state index in [0.717, 1.165) is 0 Å². The molecule has 0 bridgehead atoms. The predicted molar refractivity (Wildman–Crippen MR) is 39.8 cm³/mol. The predicted octanol–water partition coefficient (Wildman–Crippen LogP) is -0.380. The number of alkyl halides is 2. The lowest BCUT2D eigenvalue weighted by molar-refractivity contribution is -0.137. The van der Waals surface area contributed by atoms with E-state index in [1.54, 1.807) is 0 Å². The van der Waals surface area contributed by atoms with Gasteiger partial charge in [-0.2, -0.15) is 0 Å². The number of halogens is 2. The molecule has 0 aliphatic heterocycles. The smallest absolute Gasteiger partial charge is 0.485 e. The van der Waals surface area contributed by atoms with E-state index in [1.165, 1.54) is 22.6 Å². The fraction of sp³-hybridized carbons (Fsp3) is 0.667.